The minimum absolute atomic E-state index is 0.0845. The number of anilines is 6. The second-order valence-corrected chi connectivity index (χ2v) is 30.8. The third-order valence-electron chi connectivity index (χ3n) is 23.7. The van der Waals surface area contributed by atoms with E-state index in [1.54, 1.807) is 0 Å². The SMILES string of the molecule is CC1(C)c2ccccc2-c2ccc(N(c3ccccc3)c3ccc(-c4ccc5oc6ccc7ccc8oc9cccc%10c9c8c7c6c5c4-%10)cc3)cc21.c1ccc(-c2cccc(N(c3cccc(-n4c5cccc6c5c5c7c(ccc8sc9cccc-6c9c87)ccc54)c3)c3ccc4c(c3)oc3ccccc34)c2)cc1. The van der Waals surface area contributed by atoms with Gasteiger partial charge in [-0.25, -0.2) is 0 Å². The molecule has 22 aromatic rings. The number of para-hydroxylation sites is 2. The van der Waals surface area contributed by atoms with Crippen LogP contribution in [0.15, 0.2) is 347 Å². The topological polar surface area (TPSA) is 50.8 Å². The Balaban J connectivity index is 0.000000127. The van der Waals surface area contributed by atoms with Crippen molar-refractivity contribution in [1.29, 1.82) is 0 Å². The number of hydrogen-bond donors (Lipinski definition) is 0. The van der Waals surface area contributed by atoms with Gasteiger partial charge in [0, 0.05) is 131 Å². The van der Waals surface area contributed by atoms with Crippen molar-refractivity contribution in [3.8, 4) is 61.3 Å². The molecule has 0 bridgehead atoms. The van der Waals surface area contributed by atoms with E-state index in [1.807, 2.05) is 23.5 Å². The maximum atomic E-state index is 6.56. The van der Waals surface area contributed by atoms with Crippen LogP contribution in [0.25, 0.3) is 191 Å². The normalized spacial score (nSPS) is 13.0. The third-order valence-corrected chi connectivity index (χ3v) is 24.8. The lowest BCUT2D eigenvalue weighted by Gasteiger charge is -2.28. The Kier molecular flexibility index (Phi) is 12.2. The minimum atomic E-state index is -0.0845. The maximum absolute atomic E-state index is 6.56. The van der Waals surface area contributed by atoms with Crippen LogP contribution in [-0.4, -0.2) is 4.57 Å². The number of hydrogen-bond acceptors (Lipinski definition) is 6. The van der Waals surface area contributed by atoms with Crippen molar-refractivity contribution in [2.75, 3.05) is 9.80 Å². The molecule has 0 aliphatic heterocycles. The molecular formula is C101H61N3O3S. The van der Waals surface area contributed by atoms with E-state index in [2.05, 4.69) is 350 Å². The first-order chi connectivity index (χ1) is 53.3. The average molecular weight is 1400 g/mol. The summed E-state index contributed by atoms with van der Waals surface area (Å²) in [5, 5.41) is 17.4. The second kappa shape index (κ2) is 22.2. The fourth-order valence-electron chi connectivity index (χ4n) is 19.0. The Labute approximate surface area is 623 Å². The van der Waals surface area contributed by atoms with E-state index in [0.29, 0.717) is 0 Å². The second-order valence-electron chi connectivity index (χ2n) is 29.7. The number of thiophene rings is 1. The molecule has 3 aliphatic rings. The van der Waals surface area contributed by atoms with Gasteiger partial charge in [-0.15, -0.1) is 11.3 Å². The predicted octanol–water partition coefficient (Wildman–Crippen LogP) is 29.4. The monoisotopic (exact) mass is 1400 g/mol. The van der Waals surface area contributed by atoms with Crippen LogP contribution in [0, 0.1) is 0 Å². The highest BCUT2D eigenvalue weighted by Crippen LogP contribution is 2.57. The first kappa shape index (κ1) is 59.6. The van der Waals surface area contributed by atoms with Crippen LogP contribution >= 0.6 is 11.3 Å². The Morgan fingerprint density at radius 2 is 0.796 bits per heavy atom. The minimum Gasteiger partial charge on any atom is -0.456 e. The largest absolute Gasteiger partial charge is 0.456 e. The van der Waals surface area contributed by atoms with Crippen LogP contribution in [-0.2, 0) is 5.41 Å². The standard InChI is InChI=1S/C52H30N2OS.C49H31NO2/c1-2-10-31(11-3-1)33-12-6-13-34(28-33)53(37-24-25-39-38-16-4-5-20-44(38)55-45(39)30-37)35-14-7-15-36(29-35)54-42-19-8-17-40-41-18-9-21-46-50(41)52-47(56-46)27-23-32-22-26-43(54)51(48(32)52)49(40)42;1-49(2)37-13-7-6-11-34(37)35-22-21-32(27-38(35)49)50(30-9-4-3-5-10-30)31-19-15-28(16-20-31)33-23-26-42-48-44(33)36-12-8-14-39-45(36)46-40(51-39)24-17-29-18-25-41(52-42)47(48)43(29)46/h1-30H;3-27H,1-2H3. The van der Waals surface area contributed by atoms with Crippen molar-refractivity contribution in [2.24, 2.45) is 0 Å². The molecule has 6 nitrogen and oxygen atoms in total. The summed E-state index contributed by atoms with van der Waals surface area (Å²) in [6.07, 6.45) is 0. The van der Waals surface area contributed by atoms with E-state index in [-0.39, 0.29) is 5.41 Å². The molecule has 0 spiro atoms. The van der Waals surface area contributed by atoms with Gasteiger partial charge < -0.3 is 27.6 Å². The van der Waals surface area contributed by atoms with E-state index in [0.717, 1.165) is 89.6 Å². The molecule has 0 fully saturated rings. The zero-order valence-electron chi connectivity index (χ0n) is 58.7. The summed E-state index contributed by atoms with van der Waals surface area (Å²) in [5.41, 5.74) is 30.5. The Hall–Kier alpha value is -13.7. The smallest absolute Gasteiger partial charge is 0.137 e. The summed E-state index contributed by atoms with van der Waals surface area (Å²) < 4.78 is 24.7. The molecule has 0 unspecified atom stereocenters. The molecule has 504 valence electrons. The maximum Gasteiger partial charge on any atom is 0.137 e. The van der Waals surface area contributed by atoms with Crippen LogP contribution in [0.3, 0.4) is 0 Å². The molecule has 7 heteroatoms. The molecule has 0 atom stereocenters. The van der Waals surface area contributed by atoms with Gasteiger partial charge in [0.15, 0.2) is 0 Å². The van der Waals surface area contributed by atoms with Crippen LogP contribution in [0.1, 0.15) is 25.0 Å². The van der Waals surface area contributed by atoms with Gasteiger partial charge in [0.25, 0.3) is 0 Å². The first-order valence-corrected chi connectivity index (χ1v) is 37.9. The van der Waals surface area contributed by atoms with E-state index < -0.39 is 0 Å². The molecule has 0 N–H and O–H groups in total. The molecule has 3 aliphatic carbocycles. The number of benzene rings is 17. The zero-order chi connectivity index (χ0) is 70.8. The lowest BCUT2D eigenvalue weighted by molar-refractivity contribution is 0.660. The van der Waals surface area contributed by atoms with Crippen molar-refractivity contribution in [3.05, 3.63) is 345 Å². The van der Waals surface area contributed by atoms with E-state index in [1.165, 1.54) is 146 Å². The van der Waals surface area contributed by atoms with Gasteiger partial charge in [0.05, 0.1) is 11.0 Å². The van der Waals surface area contributed by atoms with Crippen molar-refractivity contribution >= 4 is 175 Å². The highest BCUT2D eigenvalue weighted by atomic mass is 32.1. The van der Waals surface area contributed by atoms with Gasteiger partial charge in [-0.05, 0) is 205 Å². The molecule has 5 heterocycles. The van der Waals surface area contributed by atoms with E-state index in [9.17, 15) is 0 Å². The Morgan fingerprint density at radius 3 is 1.65 bits per heavy atom. The summed E-state index contributed by atoms with van der Waals surface area (Å²) in [4.78, 5) is 4.74. The fraction of sp³-hybridized carbons (Fsp3) is 0.0297. The molecular weight excluding hydrogens is 1340 g/mol. The summed E-state index contributed by atoms with van der Waals surface area (Å²) >= 11 is 1.90. The third kappa shape index (κ3) is 8.36. The highest BCUT2D eigenvalue weighted by molar-refractivity contribution is 7.26. The Bertz CT molecular complexity index is 7650. The van der Waals surface area contributed by atoms with Crippen molar-refractivity contribution in [2.45, 2.75) is 19.3 Å². The number of furan rings is 3. The van der Waals surface area contributed by atoms with E-state index >= 15 is 0 Å². The summed E-state index contributed by atoms with van der Waals surface area (Å²) in [6.45, 7) is 4.69. The molecule has 25 rings (SSSR count). The lowest BCUT2D eigenvalue weighted by Crippen LogP contribution is -2.16. The van der Waals surface area contributed by atoms with Crippen LogP contribution in [0.2, 0.25) is 0 Å². The molecule has 17 aromatic carbocycles. The Morgan fingerprint density at radius 1 is 0.269 bits per heavy atom. The lowest BCUT2D eigenvalue weighted by atomic mass is 9.82. The van der Waals surface area contributed by atoms with Gasteiger partial charge in [-0.2, -0.15) is 0 Å². The van der Waals surface area contributed by atoms with Gasteiger partial charge in [0.2, 0.25) is 0 Å². The first-order valence-electron chi connectivity index (χ1n) is 37.1. The predicted molar refractivity (Wildman–Crippen MR) is 453 cm³/mol. The molecule has 0 saturated heterocycles. The van der Waals surface area contributed by atoms with Crippen LogP contribution in [0.4, 0.5) is 34.1 Å². The molecule has 5 aromatic heterocycles. The number of nitrogens with zero attached hydrogens (tertiary/aromatic N) is 3. The molecule has 0 radical (unpaired) electrons. The van der Waals surface area contributed by atoms with Gasteiger partial charge >= 0.3 is 0 Å². The van der Waals surface area contributed by atoms with Gasteiger partial charge in [-0.3, -0.25) is 0 Å². The van der Waals surface area contributed by atoms with Gasteiger partial charge in [-0.1, -0.05) is 208 Å². The number of rotatable bonds is 9. The quantitative estimate of drug-likeness (QED) is 0.144. The van der Waals surface area contributed by atoms with Crippen molar-refractivity contribution < 1.29 is 13.3 Å². The van der Waals surface area contributed by atoms with Crippen molar-refractivity contribution in [3.63, 3.8) is 0 Å². The van der Waals surface area contributed by atoms with E-state index in [4.69, 9.17) is 13.3 Å². The summed E-state index contributed by atoms with van der Waals surface area (Å²) in [7, 11) is 0. The average Bonchev–Trinajstić information content (AvgIpc) is 1.53. The highest BCUT2D eigenvalue weighted by Gasteiger charge is 2.37. The fourth-order valence-corrected chi connectivity index (χ4v) is 20.1. The molecule has 108 heavy (non-hydrogen) atoms. The summed E-state index contributed by atoms with van der Waals surface area (Å²) in [5.74, 6) is 0. The van der Waals surface area contributed by atoms with Crippen LogP contribution < -0.4 is 9.80 Å². The zero-order valence-corrected chi connectivity index (χ0v) is 59.5. The van der Waals surface area contributed by atoms with Crippen molar-refractivity contribution in [1.82, 2.24) is 4.57 Å². The molecule has 0 amide bonds. The van der Waals surface area contributed by atoms with Crippen LogP contribution in [0.5, 0.6) is 0 Å². The summed E-state index contributed by atoms with van der Waals surface area (Å²) in [6, 6.07) is 121. The number of aromatic nitrogens is 1. The van der Waals surface area contributed by atoms with Gasteiger partial charge in [0.1, 0.15) is 33.5 Å². The number of fused-ring (bicyclic) bond motifs is 8. The molecule has 0 saturated carbocycles.